The van der Waals surface area contributed by atoms with Crippen molar-refractivity contribution >= 4 is 5.91 Å². The van der Waals surface area contributed by atoms with Crippen LogP contribution in [0.5, 0.6) is 0 Å². The molecular formula is C15H29N5O. The van der Waals surface area contributed by atoms with Gasteiger partial charge in [-0.15, -0.1) is 0 Å². The van der Waals surface area contributed by atoms with E-state index in [2.05, 4.69) is 38.3 Å². The lowest BCUT2D eigenvalue weighted by Gasteiger charge is -2.47. The van der Waals surface area contributed by atoms with Crippen molar-refractivity contribution in [2.24, 2.45) is 17.2 Å². The number of piperidine rings is 1. The third-order valence-electron chi connectivity index (χ3n) is 3.48. The summed E-state index contributed by atoms with van der Waals surface area (Å²) in [6.07, 6.45) is 3.30. The summed E-state index contributed by atoms with van der Waals surface area (Å²) in [6.45, 7) is 10.3. The van der Waals surface area contributed by atoms with E-state index in [1.54, 1.807) is 6.92 Å². The second-order valence-corrected chi connectivity index (χ2v) is 7.22. The van der Waals surface area contributed by atoms with E-state index >= 15 is 0 Å². The minimum absolute atomic E-state index is 0.00773. The maximum Gasteiger partial charge on any atom is 0.252 e. The molecule has 0 aromatic rings. The first-order valence-electron chi connectivity index (χ1n) is 7.21. The summed E-state index contributed by atoms with van der Waals surface area (Å²) in [6, 6.07) is 0.164. The minimum atomic E-state index is -0.586. The van der Waals surface area contributed by atoms with Gasteiger partial charge in [0.2, 0.25) is 0 Å². The van der Waals surface area contributed by atoms with Gasteiger partial charge in [-0.2, -0.15) is 0 Å². The summed E-state index contributed by atoms with van der Waals surface area (Å²) in [4.78, 5) is 11.5. The Morgan fingerprint density at radius 2 is 1.62 bits per heavy atom. The Labute approximate surface area is 127 Å². The SMILES string of the molecule is C/C(N)=C/C(C(N)=O)=C(\N)NC1CC(C)(C)NC(C)(C)C1. The zero-order chi connectivity index (χ0) is 16.4. The van der Waals surface area contributed by atoms with Gasteiger partial charge in [0.15, 0.2) is 0 Å². The van der Waals surface area contributed by atoms with Gasteiger partial charge in [0.05, 0.1) is 5.57 Å². The van der Waals surface area contributed by atoms with Crippen molar-refractivity contribution in [1.82, 2.24) is 10.6 Å². The minimum Gasteiger partial charge on any atom is -0.402 e. The van der Waals surface area contributed by atoms with Gasteiger partial charge >= 0.3 is 0 Å². The van der Waals surface area contributed by atoms with Gasteiger partial charge in [-0.1, -0.05) is 0 Å². The molecule has 0 spiro atoms. The Balaban J connectivity index is 2.97. The molecule has 0 unspecified atom stereocenters. The highest BCUT2D eigenvalue weighted by molar-refractivity contribution is 5.95. The number of primary amides is 1. The van der Waals surface area contributed by atoms with Crippen molar-refractivity contribution in [2.45, 2.75) is 64.6 Å². The standard InChI is InChI=1S/C15H29N5O/c1-9(16)6-11(13(18)21)12(17)19-10-7-14(2,3)20-15(4,5)8-10/h6,10,19-20H,7-8,16-17H2,1-5H3,(H2,18,21)/b9-6-,12-11-. The van der Waals surface area contributed by atoms with Crippen LogP contribution in [-0.4, -0.2) is 23.0 Å². The molecule has 1 amide bonds. The maximum absolute atomic E-state index is 11.5. The topological polar surface area (TPSA) is 119 Å². The maximum atomic E-state index is 11.5. The lowest BCUT2D eigenvalue weighted by atomic mass is 9.79. The number of nitrogens with two attached hydrogens (primary N) is 3. The molecule has 21 heavy (non-hydrogen) atoms. The van der Waals surface area contributed by atoms with E-state index in [4.69, 9.17) is 17.2 Å². The van der Waals surface area contributed by atoms with Crippen LogP contribution in [0.25, 0.3) is 0 Å². The van der Waals surface area contributed by atoms with E-state index in [-0.39, 0.29) is 28.5 Å². The van der Waals surface area contributed by atoms with Crippen LogP contribution in [0.3, 0.4) is 0 Å². The molecule has 0 aliphatic carbocycles. The van der Waals surface area contributed by atoms with Crippen LogP contribution >= 0.6 is 0 Å². The summed E-state index contributed by atoms with van der Waals surface area (Å²) in [7, 11) is 0. The smallest absolute Gasteiger partial charge is 0.252 e. The molecule has 6 nitrogen and oxygen atoms in total. The summed E-state index contributed by atoms with van der Waals surface area (Å²) < 4.78 is 0. The molecule has 0 aromatic heterocycles. The highest BCUT2D eigenvalue weighted by atomic mass is 16.1. The molecule has 1 rings (SSSR count). The first kappa shape index (κ1) is 17.4. The number of carbonyl (C=O) groups is 1. The fourth-order valence-corrected chi connectivity index (χ4v) is 3.23. The van der Waals surface area contributed by atoms with Crippen LogP contribution in [0.2, 0.25) is 0 Å². The van der Waals surface area contributed by atoms with E-state index in [9.17, 15) is 4.79 Å². The number of carbonyl (C=O) groups excluding carboxylic acids is 1. The number of rotatable bonds is 4. The molecule has 0 atom stereocenters. The van der Waals surface area contributed by atoms with Gasteiger partial charge in [0.25, 0.3) is 5.91 Å². The largest absolute Gasteiger partial charge is 0.402 e. The number of hydrogen-bond acceptors (Lipinski definition) is 5. The van der Waals surface area contributed by atoms with Crippen molar-refractivity contribution in [3.63, 3.8) is 0 Å². The van der Waals surface area contributed by atoms with Crippen molar-refractivity contribution in [1.29, 1.82) is 0 Å². The lowest BCUT2D eigenvalue weighted by molar-refractivity contribution is -0.114. The molecule has 0 bridgehead atoms. The summed E-state index contributed by atoms with van der Waals surface area (Å²) in [5.41, 5.74) is 17.7. The Hall–Kier alpha value is -1.69. The van der Waals surface area contributed by atoms with Crippen molar-refractivity contribution in [3.05, 3.63) is 23.2 Å². The second-order valence-electron chi connectivity index (χ2n) is 7.22. The van der Waals surface area contributed by atoms with Crippen LogP contribution in [0.4, 0.5) is 0 Å². The van der Waals surface area contributed by atoms with Gasteiger partial charge in [-0.3, -0.25) is 4.79 Å². The number of hydrogen-bond donors (Lipinski definition) is 5. The van der Waals surface area contributed by atoms with Crippen LogP contribution < -0.4 is 27.8 Å². The predicted octanol–water partition coefficient (Wildman–Crippen LogP) is 0.403. The highest BCUT2D eigenvalue weighted by Gasteiger charge is 2.37. The van der Waals surface area contributed by atoms with Crippen molar-refractivity contribution in [3.8, 4) is 0 Å². The Bertz CT molecular complexity index is 456. The fraction of sp³-hybridized carbons (Fsp3) is 0.667. The molecule has 120 valence electrons. The van der Waals surface area contributed by atoms with Gasteiger partial charge in [0, 0.05) is 22.8 Å². The molecule has 1 fully saturated rings. The molecule has 8 N–H and O–H groups in total. The first-order valence-corrected chi connectivity index (χ1v) is 7.21. The van der Waals surface area contributed by atoms with Crippen LogP contribution in [-0.2, 0) is 4.79 Å². The van der Waals surface area contributed by atoms with E-state index in [1.165, 1.54) is 6.08 Å². The van der Waals surface area contributed by atoms with E-state index in [1.807, 2.05) is 0 Å². The zero-order valence-corrected chi connectivity index (χ0v) is 13.7. The van der Waals surface area contributed by atoms with Crippen LogP contribution in [0, 0.1) is 0 Å². The average molecular weight is 295 g/mol. The predicted molar refractivity (Wildman–Crippen MR) is 85.8 cm³/mol. The molecule has 0 aromatic carbocycles. The van der Waals surface area contributed by atoms with E-state index in [0.717, 1.165) is 12.8 Å². The van der Waals surface area contributed by atoms with Crippen LogP contribution in [0.15, 0.2) is 23.2 Å². The third-order valence-corrected chi connectivity index (χ3v) is 3.48. The monoisotopic (exact) mass is 295 g/mol. The molecule has 0 saturated carbocycles. The quantitative estimate of drug-likeness (QED) is 0.380. The summed E-state index contributed by atoms with van der Waals surface area (Å²) in [5.74, 6) is -0.303. The molecule has 1 saturated heterocycles. The highest BCUT2D eigenvalue weighted by Crippen LogP contribution is 2.28. The van der Waals surface area contributed by atoms with Gasteiger partial charge < -0.3 is 27.8 Å². The van der Waals surface area contributed by atoms with E-state index < -0.39 is 5.91 Å². The number of nitrogens with one attached hydrogen (secondary N) is 2. The van der Waals surface area contributed by atoms with Gasteiger partial charge in [-0.05, 0) is 53.5 Å². The fourth-order valence-electron chi connectivity index (χ4n) is 3.23. The normalized spacial score (nSPS) is 23.4. The zero-order valence-electron chi connectivity index (χ0n) is 13.7. The molecule has 0 radical (unpaired) electrons. The van der Waals surface area contributed by atoms with Gasteiger partial charge in [0.1, 0.15) is 5.82 Å². The second kappa shape index (κ2) is 5.97. The average Bonchev–Trinajstić information content (AvgIpc) is 2.20. The van der Waals surface area contributed by atoms with E-state index in [0.29, 0.717) is 5.70 Å². The molecule has 1 aliphatic rings. The Morgan fingerprint density at radius 1 is 1.14 bits per heavy atom. The van der Waals surface area contributed by atoms with Crippen molar-refractivity contribution < 1.29 is 4.79 Å². The number of allylic oxidation sites excluding steroid dienone is 1. The number of amides is 1. The third kappa shape index (κ3) is 5.30. The molecular weight excluding hydrogens is 266 g/mol. The summed E-state index contributed by atoms with van der Waals surface area (Å²) in [5, 5.41) is 6.83. The molecule has 1 aliphatic heterocycles. The van der Waals surface area contributed by atoms with Crippen LogP contribution in [0.1, 0.15) is 47.5 Å². The molecule has 1 heterocycles. The Kier molecular flexibility index (Phi) is 4.94. The first-order chi connectivity index (χ1) is 9.42. The van der Waals surface area contributed by atoms with Gasteiger partial charge in [-0.25, -0.2) is 0 Å². The lowest BCUT2D eigenvalue weighted by Crippen LogP contribution is -2.61. The Morgan fingerprint density at radius 3 is 2.00 bits per heavy atom. The molecule has 6 heteroatoms. The van der Waals surface area contributed by atoms with Crippen molar-refractivity contribution in [2.75, 3.05) is 0 Å². The summed E-state index contributed by atoms with van der Waals surface area (Å²) >= 11 is 0.